The summed E-state index contributed by atoms with van der Waals surface area (Å²) in [7, 11) is -4.69. The molecule has 84 valence electrons. The van der Waals surface area contributed by atoms with E-state index in [0.717, 1.165) is 6.07 Å². The first kappa shape index (κ1) is 14.3. The summed E-state index contributed by atoms with van der Waals surface area (Å²) >= 11 is 0. The summed E-state index contributed by atoms with van der Waals surface area (Å²) in [5, 5.41) is 19.0. The van der Waals surface area contributed by atoms with Gasteiger partial charge in [0.1, 0.15) is 10.1 Å². The van der Waals surface area contributed by atoms with Crippen molar-refractivity contribution in [3.8, 4) is 11.5 Å². The predicted octanol–water partition coefficient (Wildman–Crippen LogP) is -1.84. The molecule has 0 aliphatic heterocycles. The Labute approximate surface area is 120 Å². The van der Waals surface area contributed by atoms with Crippen molar-refractivity contribution >= 4 is 20.9 Å². The zero-order valence-corrected chi connectivity index (χ0v) is 11.7. The molecule has 17 heavy (non-hydrogen) atoms. The topological polar surface area (TPSA) is 97.7 Å². The Hall–Kier alpha value is -0.790. The van der Waals surface area contributed by atoms with E-state index in [-0.39, 0.29) is 40.3 Å². The zero-order chi connectivity index (χ0) is 11.9. The molecule has 0 aliphatic carbocycles. The first-order valence-corrected chi connectivity index (χ1v) is 5.71. The van der Waals surface area contributed by atoms with E-state index in [1.165, 1.54) is 18.2 Å². The minimum Gasteiger partial charge on any atom is -0.744 e. The van der Waals surface area contributed by atoms with Crippen molar-refractivity contribution in [3.05, 3.63) is 30.3 Å². The van der Waals surface area contributed by atoms with Crippen LogP contribution >= 0.6 is 0 Å². The number of hydrogen-bond donors (Lipinski definition) is 2. The molecule has 0 unspecified atom stereocenters. The predicted molar refractivity (Wildman–Crippen MR) is 55.2 cm³/mol. The van der Waals surface area contributed by atoms with Gasteiger partial charge in [0.15, 0.2) is 11.5 Å². The molecule has 0 saturated carbocycles. The average molecular weight is 262 g/mol. The van der Waals surface area contributed by atoms with Crippen molar-refractivity contribution < 1.29 is 52.7 Å². The van der Waals surface area contributed by atoms with Gasteiger partial charge < -0.3 is 14.8 Å². The molecular weight excluding hydrogens is 255 g/mol. The average Bonchev–Trinajstić information content (AvgIpc) is 2.22. The summed E-state index contributed by atoms with van der Waals surface area (Å²) in [6.07, 6.45) is 0. The number of fused-ring (bicyclic) bond motifs is 1. The van der Waals surface area contributed by atoms with E-state index in [9.17, 15) is 23.2 Å². The fourth-order valence-electron chi connectivity index (χ4n) is 1.52. The van der Waals surface area contributed by atoms with E-state index in [0.29, 0.717) is 0 Å². The van der Waals surface area contributed by atoms with Gasteiger partial charge in [-0.25, -0.2) is 8.42 Å². The largest absolute Gasteiger partial charge is 1.00 e. The first-order chi connectivity index (χ1) is 7.41. The smallest absolute Gasteiger partial charge is 0.744 e. The van der Waals surface area contributed by atoms with Gasteiger partial charge in [-0.3, -0.25) is 0 Å². The maximum atomic E-state index is 11.0. The number of phenolic OH excluding ortho intramolecular Hbond substituents is 2. The molecule has 0 heterocycles. The number of rotatable bonds is 1. The van der Waals surface area contributed by atoms with Gasteiger partial charge in [0.2, 0.25) is 0 Å². The summed E-state index contributed by atoms with van der Waals surface area (Å²) < 4.78 is 32.9. The van der Waals surface area contributed by atoms with Gasteiger partial charge in [-0.2, -0.15) is 0 Å². The molecule has 2 rings (SSSR count). The molecule has 0 radical (unpaired) electrons. The van der Waals surface area contributed by atoms with Gasteiger partial charge >= 0.3 is 29.6 Å². The van der Waals surface area contributed by atoms with Crippen LogP contribution in [0.15, 0.2) is 35.2 Å². The van der Waals surface area contributed by atoms with Crippen LogP contribution in [0.4, 0.5) is 0 Å². The summed E-state index contributed by atoms with van der Waals surface area (Å²) in [5.74, 6) is -1.07. The van der Waals surface area contributed by atoms with Crippen LogP contribution in [0.1, 0.15) is 0 Å². The Balaban J connectivity index is 0.00000144. The maximum absolute atomic E-state index is 11.0. The Bertz CT molecular complexity index is 666. The van der Waals surface area contributed by atoms with Crippen LogP contribution in [0, 0.1) is 0 Å². The first-order valence-electron chi connectivity index (χ1n) is 4.31. The van der Waals surface area contributed by atoms with Crippen LogP contribution < -0.4 is 29.6 Å². The van der Waals surface area contributed by atoms with Crippen molar-refractivity contribution in [2.45, 2.75) is 4.90 Å². The summed E-state index contributed by atoms with van der Waals surface area (Å²) in [6.45, 7) is 0. The second-order valence-electron chi connectivity index (χ2n) is 3.24. The standard InChI is InChI=1S/C10H8O5S.Na/c11-8-5-9(16(13,14)15)6-3-1-2-4-7(6)10(8)12;/h1-5,11-12H,(H,13,14,15);/q;+1/p-1. The maximum Gasteiger partial charge on any atom is 1.00 e. The minimum absolute atomic E-state index is 0. The molecule has 7 heteroatoms. The van der Waals surface area contributed by atoms with Crippen LogP contribution in [0.3, 0.4) is 0 Å². The van der Waals surface area contributed by atoms with E-state index in [2.05, 4.69) is 0 Å². The molecule has 2 aromatic carbocycles. The fourth-order valence-corrected chi connectivity index (χ4v) is 2.22. The molecule has 2 N–H and O–H groups in total. The third-order valence-corrected chi connectivity index (χ3v) is 3.10. The Morgan fingerprint density at radius 2 is 1.59 bits per heavy atom. The number of benzene rings is 2. The van der Waals surface area contributed by atoms with E-state index < -0.39 is 26.5 Å². The van der Waals surface area contributed by atoms with Crippen molar-refractivity contribution in [2.75, 3.05) is 0 Å². The van der Waals surface area contributed by atoms with Crippen molar-refractivity contribution in [1.82, 2.24) is 0 Å². The van der Waals surface area contributed by atoms with Crippen LogP contribution in [0.5, 0.6) is 11.5 Å². The quantitative estimate of drug-likeness (QED) is 0.357. The zero-order valence-electron chi connectivity index (χ0n) is 8.91. The molecule has 0 spiro atoms. The normalized spacial score (nSPS) is 11.1. The van der Waals surface area contributed by atoms with E-state index in [1.54, 1.807) is 6.07 Å². The second-order valence-corrected chi connectivity index (χ2v) is 4.59. The second kappa shape index (κ2) is 4.83. The molecule has 2 aromatic rings. The molecule has 0 aliphatic rings. The number of phenols is 2. The molecule has 0 amide bonds. The van der Waals surface area contributed by atoms with Gasteiger partial charge in [-0.1, -0.05) is 24.3 Å². The van der Waals surface area contributed by atoms with Crippen molar-refractivity contribution in [3.63, 3.8) is 0 Å². The number of hydrogen-bond acceptors (Lipinski definition) is 5. The third kappa shape index (κ3) is 2.56. The van der Waals surface area contributed by atoms with Crippen LogP contribution in [0.25, 0.3) is 10.8 Å². The van der Waals surface area contributed by atoms with E-state index in [1.807, 2.05) is 0 Å². The fraction of sp³-hybridized carbons (Fsp3) is 0. The summed E-state index contributed by atoms with van der Waals surface area (Å²) in [4.78, 5) is -0.543. The molecule has 0 aromatic heterocycles. The Morgan fingerprint density at radius 1 is 1.06 bits per heavy atom. The SMILES string of the molecule is O=S(=O)([O-])c1cc(O)c(O)c2ccccc12.[Na+]. The van der Waals surface area contributed by atoms with Crippen LogP contribution in [0.2, 0.25) is 0 Å². The van der Waals surface area contributed by atoms with Gasteiger partial charge in [0.05, 0.1) is 4.90 Å². The van der Waals surface area contributed by atoms with Crippen LogP contribution in [-0.4, -0.2) is 23.2 Å². The number of aromatic hydroxyl groups is 2. The van der Waals surface area contributed by atoms with Gasteiger partial charge in [-0.15, -0.1) is 0 Å². The molecule has 0 bridgehead atoms. The molecule has 0 saturated heterocycles. The molecule has 5 nitrogen and oxygen atoms in total. The summed E-state index contributed by atoms with van der Waals surface area (Å²) in [6, 6.07) is 6.65. The molecular formula is C10H7NaO5S. The molecule has 0 atom stereocenters. The van der Waals surface area contributed by atoms with Gasteiger partial charge in [-0.05, 0) is 0 Å². The summed E-state index contributed by atoms with van der Waals surface area (Å²) in [5.41, 5.74) is 0. The van der Waals surface area contributed by atoms with E-state index in [4.69, 9.17) is 0 Å². The third-order valence-electron chi connectivity index (χ3n) is 2.23. The monoisotopic (exact) mass is 262 g/mol. The van der Waals surface area contributed by atoms with Gasteiger partial charge in [0, 0.05) is 16.8 Å². The van der Waals surface area contributed by atoms with Gasteiger partial charge in [0.25, 0.3) is 0 Å². The minimum atomic E-state index is -4.69. The van der Waals surface area contributed by atoms with Crippen molar-refractivity contribution in [1.29, 1.82) is 0 Å². The van der Waals surface area contributed by atoms with E-state index >= 15 is 0 Å². The Kier molecular flexibility index (Phi) is 4.06. The molecule has 0 fully saturated rings. The van der Waals surface area contributed by atoms with Crippen molar-refractivity contribution in [2.24, 2.45) is 0 Å². The Morgan fingerprint density at radius 3 is 2.12 bits per heavy atom. The van der Waals surface area contributed by atoms with Crippen LogP contribution in [-0.2, 0) is 10.1 Å².